The Morgan fingerprint density at radius 2 is 1.81 bits per heavy atom. The Balaban J connectivity index is 1.65. The fraction of sp³-hybridized carbons (Fsp3) is 0.667. The van der Waals surface area contributed by atoms with E-state index in [1.165, 1.54) is 67.1 Å². The minimum Gasteiger partial charge on any atom is -0.371 e. The maximum absolute atomic E-state index is 3.79. The Morgan fingerprint density at radius 1 is 1.10 bits per heavy atom. The van der Waals surface area contributed by atoms with E-state index in [0.717, 1.165) is 12.6 Å². The number of anilines is 1. The lowest BCUT2D eigenvalue weighted by molar-refractivity contribution is 0.552. The number of halogens is 1. The molecular formula is C18H27BrN2. The van der Waals surface area contributed by atoms with Gasteiger partial charge in [0.05, 0.1) is 5.69 Å². The maximum Gasteiger partial charge on any atom is 0.0510 e. The molecule has 1 N–H and O–H groups in total. The summed E-state index contributed by atoms with van der Waals surface area (Å²) >= 11 is 3.79. The summed E-state index contributed by atoms with van der Waals surface area (Å²) in [6.07, 6.45) is 11.0. The standard InChI is InChI=1S/C18H27BrN2/c1-21(16-6-4-2-3-5-7-16)18-11-8-14(12-17(18)19)13-20-15-9-10-15/h8,11-12,15-16,20H,2-7,9-10,13H2,1H3. The molecule has 3 heteroatoms. The van der Waals surface area contributed by atoms with Crippen molar-refractivity contribution in [3.05, 3.63) is 28.2 Å². The van der Waals surface area contributed by atoms with Crippen molar-refractivity contribution in [2.24, 2.45) is 0 Å². The van der Waals surface area contributed by atoms with E-state index in [4.69, 9.17) is 0 Å². The van der Waals surface area contributed by atoms with Crippen LogP contribution in [0, 0.1) is 0 Å². The van der Waals surface area contributed by atoms with Crippen LogP contribution in [0.1, 0.15) is 56.9 Å². The van der Waals surface area contributed by atoms with E-state index in [1.807, 2.05) is 0 Å². The van der Waals surface area contributed by atoms with Gasteiger partial charge in [-0.3, -0.25) is 0 Å². The molecule has 116 valence electrons. The fourth-order valence-electron chi connectivity index (χ4n) is 3.34. The molecule has 0 atom stereocenters. The van der Waals surface area contributed by atoms with E-state index < -0.39 is 0 Å². The highest BCUT2D eigenvalue weighted by Gasteiger charge is 2.21. The van der Waals surface area contributed by atoms with E-state index >= 15 is 0 Å². The van der Waals surface area contributed by atoms with Gasteiger partial charge in [-0.15, -0.1) is 0 Å². The maximum atomic E-state index is 3.79. The van der Waals surface area contributed by atoms with Gasteiger partial charge < -0.3 is 10.2 Å². The highest BCUT2D eigenvalue weighted by atomic mass is 79.9. The summed E-state index contributed by atoms with van der Waals surface area (Å²) in [6, 6.07) is 8.34. The third kappa shape index (κ3) is 4.23. The van der Waals surface area contributed by atoms with Crippen molar-refractivity contribution in [1.29, 1.82) is 0 Å². The Bertz CT molecular complexity index is 462. The van der Waals surface area contributed by atoms with E-state index in [2.05, 4.69) is 51.4 Å². The molecule has 0 heterocycles. The monoisotopic (exact) mass is 350 g/mol. The molecule has 1 aromatic carbocycles. The van der Waals surface area contributed by atoms with E-state index in [9.17, 15) is 0 Å². The van der Waals surface area contributed by atoms with Crippen molar-refractivity contribution in [3.8, 4) is 0 Å². The molecule has 2 saturated carbocycles. The van der Waals surface area contributed by atoms with Crippen molar-refractivity contribution < 1.29 is 0 Å². The van der Waals surface area contributed by atoms with Crippen LogP contribution in [0.4, 0.5) is 5.69 Å². The molecule has 21 heavy (non-hydrogen) atoms. The molecule has 2 aliphatic rings. The van der Waals surface area contributed by atoms with Crippen molar-refractivity contribution in [2.45, 2.75) is 70.0 Å². The number of nitrogens with zero attached hydrogens (tertiary/aromatic N) is 1. The second-order valence-corrected chi connectivity index (χ2v) is 7.55. The van der Waals surface area contributed by atoms with Crippen LogP contribution in [-0.4, -0.2) is 19.1 Å². The van der Waals surface area contributed by atoms with Crippen molar-refractivity contribution in [1.82, 2.24) is 5.32 Å². The second-order valence-electron chi connectivity index (χ2n) is 6.70. The Hall–Kier alpha value is -0.540. The molecule has 0 bridgehead atoms. The van der Waals surface area contributed by atoms with Gasteiger partial charge in [-0.05, 0) is 59.3 Å². The largest absolute Gasteiger partial charge is 0.371 e. The molecular weight excluding hydrogens is 324 g/mol. The number of hydrogen-bond donors (Lipinski definition) is 1. The summed E-state index contributed by atoms with van der Waals surface area (Å²) in [7, 11) is 2.26. The molecule has 2 fully saturated rings. The molecule has 2 aliphatic carbocycles. The summed E-state index contributed by atoms with van der Waals surface area (Å²) < 4.78 is 1.24. The van der Waals surface area contributed by atoms with Gasteiger partial charge in [0.25, 0.3) is 0 Å². The number of hydrogen-bond acceptors (Lipinski definition) is 2. The third-order valence-corrected chi connectivity index (χ3v) is 5.57. The minimum atomic E-state index is 0.708. The van der Waals surface area contributed by atoms with Crippen LogP contribution in [0.15, 0.2) is 22.7 Å². The number of benzene rings is 1. The predicted octanol–water partition coefficient (Wildman–Crippen LogP) is 4.86. The van der Waals surface area contributed by atoms with Crippen LogP contribution in [0.25, 0.3) is 0 Å². The first kappa shape index (κ1) is 15.4. The Labute approximate surface area is 137 Å². The number of rotatable bonds is 5. The van der Waals surface area contributed by atoms with E-state index in [-0.39, 0.29) is 0 Å². The lowest BCUT2D eigenvalue weighted by Gasteiger charge is -2.30. The summed E-state index contributed by atoms with van der Waals surface area (Å²) in [5.74, 6) is 0. The first-order valence-electron chi connectivity index (χ1n) is 8.48. The molecule has 3 rings (SSSR count). The van der Waals surface area contributed by atoms with Gasteiger partial charge in [-0.1, -0.05) is 31.7 Å². The molecule has 1 aromatic rings. The fourth-order valence-corrected chi connectivity index (χ4v) is 4.04. The van der Waals surface area contributed by atoms with Gasteiger partial charge in [0.15, 0.2) is 0 Å². The molecule has 0 radical (unpaired) electrons. The van der Waals surface area contributed by atoms with Crippen molar-refractivity contribution >= 4 is 21.6 Å². The first-order valence-corrected chi connectivity index (χ1v) is 9.28. The highest BCUT2D eigenvalue weighted by molar-refractivity contribution is 9.10. The third-order valence-electron chi connectivity index (χ3n) is 4.94. The van der Waals surface area contributed by atoms with Gasteiger partial charge in [0.2, 0.25) is 0 Å². The average Bonchev–Trinajstić information content (AvgIpc) is 3.31. The molecule has 0 spiro atoms. The molecule has 0 saturated heterocycles. The predicted molar refractivity (Wildman–Crippen MR) is 93.9 cm³/mol. The normalized spacial score (nSPS) is 20.3. The van der Waals surface area contributed by atoms with Gasteiger partial charge in [-0.25, -0.2) is 0 Å². The quantitative estimate of drug-likeness (QED) is 0.762. The van der Waals surface area contributed by atoms with E-state index in [0.29, 0.717) is 6.04 Å². The lowest BCUT2D eigenvalue weighted by atomic mass is 10.1. The zero-order chi connectivity index (χ0) is 14.7. The molecule has 0 unspecified atom stereocenters. The highest BCUT2D eigenvalue weighted by Crippen LogP contribution is 2.32. The summed E-state index contributed by atoms with van der Waals surface area (Å²) in [5.41, 5.74) is 2.73. The zero-order valence-corrected chi connectivity index (χ0v) is 14.7. The van der Waals surface area contributed by atoms with Crippen LogP contribution in [0.3, 0.4) is 0 Å². The SMILES string of the molecule is CN(c1ccc(CNC2CC2)cc1Br)C1CCCCCC1. The van der Waals surface area contributed by atoms with E-state index in [1.54, 1.807) is 0 Å². The smallest absolute Gasteiger partial charge is 0.0510 e. The van der Waals surface area contributed by atoms with Crippen LogP contribution in [-0.2, 0) is 6.54 Å². The topological polar surface area (TPSA) is 15.3 Å². The average molecular weight is 351 g/mol. The van der Waals surface area contributed by atoms with Crippen LogP contribution < -0.4 is 10.2 Å². The van der Waals surface area contributed by atoms with Crippen molar-refractivity contribution in [3.63, 3.8) is 0 Å². The zero-order valence-electron chi connectivity index (χ0n) is 13.1. The molecule has 0 aliphatic heterocycles. The van der Waals surface area contributed by atoms with Gasteiger partial charge in [0.1, 0.15) is 0 Å². The Kier molecular flexibility index (Phi) is 5.23. The second kappa shape index (κ2) is 7.15. The summed E-state index contributed by atoms with van der Waals surface area (Å²) in [4.78, 5) is 2.49. The van der Waals surface area contributed by atoms with Crippen LogP contribution in [0.5, 0.6) is 0 Å². The minimum absolute atomic E-state index is 0.708. The summed E-state index contributed by atoms with van der Waals surface area (Å²) in [6.45, 7) is 0.997. The molecule has 0 amide bonds. The van der Waals surface area contributed by atoms with Gasteiger partial charge >= 0.3 is 0 Å². The van der Waals surface area contributed by atoms with Gasteiger partial charge in [-0.2, -0.15) is 0 Å². The molecule has 2 nitrogen and oxygen atoms in total. The first-order chi connectivity index (χ1) is 10.2. The summed E-state index contributed by atoms with van der Waals surface area (Å²) in [5, 5.41) is 3.59. The van der Waals surface area contributed by atoms with Crippen LogP contribution in [0.2, 0.25) is 0 Å². The van der Waals surface area contributed by atoms with Crippen LogP contribution >= 0.6 is 15.9 Å². The molecule has 0 aromatic heterocycles. The van der Waals surface area contributed by atoms with Crippen molar-refractivity contribution in [2.75, 3.05) is 11.9 Å². The van der Waals surface area contributed by atoms with Gasteiger partial charge in [0, 0.05) is 30.1 Å². The number of nitrogens with one attached hydrogen (secondary N) is 1. The lowest BCUT2D eigenvalue weighted by Crippen LogP contribution is -2.31. The Morgan fingerprint density at radius 3 is 2.43 bits per heavy atom.